The van der Waals surface area contributed by atoms with E-state index in [-0.39, 0.29) is 12.4 Å². The van der Waals surface area contributed by atoms with Crippen molar-refractivity contribution in [2.75, 3.05) is 6.61 Å². The van der Waals surface area contributed by atoms with Gasteiger partial charge in [-0.3, -0.25) is 9.59 Å². The molecule has 94 valence electrons. The summed E-state index contributed by atoms with van der Waals surface area (Å²) in [6, 6.07) is 7.66. The topological polar surface area (TPSA) is 43.4 Å². The van der Waals surface area contributed by atoms with Crippen LogP contribution >= 0.6 is 0 Å². The van der Waals surface area contributed by atoms with Gasteiger partial charge >= 0.3 is 5.97 Å². The molecule has 0 heterocycles. The molecule has 0 unspecified atom stereocenters. The fourth-order valence-electron chi connectivity index (χ4n) is 1.38. The van der Waals surface area contributed by atoms with Crippen molar-refractivity contribution in [3.8, 4) is 0 Å². The molecular weight excluding hydrogens is 228 g/mol. The Hall–Kier alpha value is -2.16. The molecule has 0 amide bonds. The minimum Gasteiger partial charge on any atom is -0.466 e. The number of aldehydes is 1. The van der Waals surface area contributed by atoms with Crippen LogP contribution in [0.5, 0.6) is 0 Å². The molecule has 1 aromatic carbocycles. The quantitative estimate of drug-likeness (QED) is 0.439. The van der Waals surface area contributed by atoms with Crippen molar-refractivity contribution in [3.63, 3.8) is 0 Å². The Morgan fingerprint density at radius 3 is 2.33 bits per heavy atom. The maximum Gasteiger partial charge on any atom is 0.309 e. The van der Waals surface area contributed by atoms with Gasteiger partial charge in [-0.05, 0) is 24.1 Å². The Labute approximate surface area is 107 Å². The lowest BCUT2D eigenvalue weighted by Gasteiger charge is -1.97. The van der Waals surface area contributed by atoms with Crippen molar-refractivity contribution in [1.82, 2.24) is 0 Å². The smallest absolute Gasteiger partial charge is 0.309 e. The second kappa shape index (κ2) is 8.01. The third kappa shape index (κ3) is 5.25. The van der Waals surface area contributed by atoms with Crippen LogP contribution in [0.15, 0.2) is 36.4 Å². The predicted octanol–water partition coefficient (Wildman–Crippen LogP) is 2.87. The third-order valence-electron chi connectivity index (χ3n) is 2.20. The van der Waals surface area contributed by atoms with Crippen LogP contribution in [0.2, 0.25) is 0 Å². The van der Waals surface area contributed by atoms with Crippen molar-refractivity contribution in [3.05, 3.63) is 47.5 Å². The zero-order valence-corrected chi connectivity index (χ0v) is 10.3. The summed E-state index contributed by atoms with van der Waals surface area (Å²) in [4.78, 5) is 21.3. The number of hydrogen-bond acceptors (Lipinski definition) is 3. The van der Waals surface area contributed by atoms with Crippen LogP contribution in [0.25, 0.3) is 12.2 Å². The van der Waals surface area contributed by atoms with Gasteiger partial charge in [-0.2, -0.15) is 0 Å². The number of ether oxygens (including phenoxy) is 1. The van der Waals surface area contributed by atoms with Crippen molar-refractivity contribution < 1.29 is 14.3 Å². The summed E-state index contributed by atoms with van der Waals surface area (Å²) in [5.74, 6) is -0.223. The van der Waals surface area contributed by atoms with E-state index >= 15 is 0 Å². The van der Waals surface area contributed by atoms with E-state index in [4.69, 9.17) is 4.74 Å². The number of rotatable bonds is 6. The van der Waals surface area contributed by atoms with Gasteiger partial charge < -0.3 is 4.74 Å². The number of carbonyl (C=O) groups is 2. The second-order valence-electron chi connectivity index (χ2n) is 3.57. The van der Waals surface area contributed by atoms with Crippen LogP contribution < -0.4 is 0 Å². The van der Waals surface area contributed by atoms with E-state index in [0.717, 1.165) is 17.4 Å². The minimum atomic E-state index is -0.223. The molecule has 1 rings (SSSR count). The predicted molar refractivity (Wildman–Crippen MR) is 71.8 cm³/mol. The SMILES string of the molecule is CCOC(=O)CC=Cc1ccc(/C=C/C=O)cc1. The fourth-order valence-corrected chi connectivity index (χ4v) is 1.38. The van der Waals surface area contributed by atoms with Gasteiger partial charge in [-0.1, -0.05) is 42.5 Å². The van der Waals surface area contributed by atoms with E-state index in [2.05, 4.69) is 0 Å². The van der Waals surface area contributed by atoms with Gasteiger partial charge in [0.05, 0.1) is 13.0 Å². The molecule has 0 bridgehead atoms. The lowest BCUT2D eigenvalue weighted by atomic mass is 10.1. The van der Waals surface area contributed by atoms with Crippen LogP contribution in [0.3, 0.4) is 0 Å². The van der Waals surface area contributed by atoms with Crippen molar-refractivity contribution in [2.45, 2.75) is 13.3 Å². The third-order valence-corrected chi connectivity index (χ3v) is 2.20. The summed E-state index contributed by atoms with van der Waals surface area (Å²) in [6.07, 6.45) is 7.84. The molecule has 3 nitrogen and oxygen atoms in total. The first-order valence-corrected chi connectivity index (χ1v) is 5.80. The Morgan fingerprint density at radius 1 is 1.17 bits per heavy atom. The van der Waals surface area contributed by atoms with Crippen LogP contribution in [0.1, 0.15) is 24.5 Å². The van der Waals surface area contributed by atoms with Crippen molar-refractivity contribution >= 4 is 24.4 Å². The molecule has 0 fully saturated rings. The number of allylic oxidation sites excluding steroid dienone is 1. The molecular formula is C15H16O3. The maximum absolute atomic E-state index is 11.1. The summed E-state index contributed by atoms with van der Waals surface area (Å²) in [5.41, 5.74) is 1.96. The highest BCUT2D eigenvalue weighted by molar-refractivity contribution is 5.74. The van der Waals surface area contributed by atoms with Crippen LogP contribution in [0, 0.1) is 0 Å². The van der Waals surface area contributed by atoms with Crippen molar-refractivity contribution in [1.29, 1.82) is 0 Å². The zero-order valence-electron chi connectivity index (χ0n) is 10.3. The Balaban J connectivity index is 2.52. The van der Waals surface area contributed by atoms with Gasteiger partial charge in [-0.25, -0.2) is 0 Å². The maximum atomic E-state index is 11.1. The lowest BCUT2D eigenvalue weighted by molar-refractivity contribution is -0.142. The highest BCUT2D eigenvalue weighted by Gasteiger charge is 1.96. The average Bonchev–Trinajstić information content (AvgIpc) is 2.38. The molecule has 0 aliphatic heterocycles. The molecule has 0 spiro atoms. The molecule has 3 heteroatoms. The molecule has 1 aromatic rings. The van der Waals surface area contributed by atoms with Gasteiger partial charge in [0, 0.05) is 0 Å². The van der Waals surface area contributed by atoms with E-state index in [1.54, 1.807) is 19.1 Å². The monoisotopic (exact) mass is 244 g/mol. The molecule has 0 saturated carbocycles. The number of esters is 1. The van der Waals surface area contributed by atoms with Gasteiger partial charge in [0.1, 0.15) is 6.29 Å². The van der Waals surface area contributed by atoms with Crippen LogP contribution in [0.4, 0.5) is 0 Å². The van der Waals surface area contributed by atoms with Gasteiger partial charge in [0.15, 0.2) is 0 Å². The van der Waals surface area contributed by atoms with E-state index in [1.165, 1.54) is 6.08 Å². The van der Waals surface area contributed by atoms with E-state index < -0.39 is 0 Å². The van der Waals surface area contributed by atoms with Gasteiger partial charge in [-0.15, -0.1) is 0 Å². The van der Waals surface area contributed by atoms with Gasteiger partial charge in [0.25, 0.3) is 0 Å². The first-order chi connectivity index (χ1) is 8.76. The molecule has 18 heavy (non-hydrogen) atoms. The van der Waals surface area contributed by atoms with E-state index in [1.807, 2.05) is 30.3 Å². The van der Waals surface area contributed by atoms with Crippen LogP contribution in [-0.4, -0.2) is 18.9 Å². The lowest BCUT2D eigenvalue weighted by Crippen LogP contribution is -2.01. The minimum absolute atomic E-state index is 0.223. The standard InChI is InChI=1S/C15H16O3/c1-2-18-15(17)7-3-5-13-8-10-14(11-9-13)6-4-12-16/h3-6,8-12H,2,7H2,1H3/b5-3?,6-4+. The highest BCUT2D eigenvalue weighted by Crippen LogP contribution is 2.08. The first-order valence-electron chi connectivity index (χ1n) is 5.80. The normalized spacial score (nSPS) is 10.9. The molecule has 0 atom stereocenters. The molecule has 0 aromatic heterocycles. The molecule has 0 aliphatic rings. The Bertz CT molecular complexity index is 441. The molecule has 0 radical (unpaired) electrons. The summed E-state index contributed by atoms with van der Waals surface area (Å²) >= 11 is 0. The molecule has 0 N–H and O–H groups in total. The van der Waals surface area contributed by atoms with Crippen molar-refractivity contribution in [2.24, 2.45) is 0 Å². The largest absolute Gasteiger partial charge is 0.466 e. The Kier molecular flexibility index (Phi) is 6.19. The summed E-state index contributed by atoms with van der Waals surface area (Å²) in [5, 5.41) is 0. The van der Waals surface area contributed by atoms with Gasteiger partial charge in [0.2, 0.25) is 0 Å². The summed E-state index contributed by atoms with van der Waals surface area (Å²) < 4.78 is 4.81. The number of benzene rings is 1. The zero-order chi connectivity index (χ0) is 13.2. The summed E-state index contributed by atoms with van der Waals surface area (Å²) in [7, 11) is 0. The highest BCUT2D eigenvalue weighted by atomic mass is 16.5. The average molecular weight is 244 g/mol. The van der Waals surface area contributed by atoms with Crippen LogP contribution in [-0.2, 0) is 14.3 Å². The van der Waals surface area contributed by atoms with E-state index in [9.17, 15) is 9.59 Å². The van der Waals surface area contributed by atoms with E-state index in [0.29, 0.717) is 6.61 Å². The second-order valence-corrected chi connectivity index (χ2v) is 3.57. The Morgan fingerprint density at radius 2 is 1.78 bits per heavy atom. The fraction of sp³-hybridized carbons (Fsp3) is 0.200. The number of carbonyl (C=O) groups excluding carboxylic acids is 2. The molecule has 0 aliphatic carbocycles. The molecule has 0 saturated heterocycles. The number of hydrogen-bond donors (Lipinski definition) is 0. The summed E-state index contributed by atoms with van der Waals surface area (Å²) in [6.45, 7) is 2.19. The first kappa shape index (κ1) is 13.9.